The van der Waals surface area contributed by atoms with Crippen LogP contribution in [0.5, 0.6) is 0 Å². The maximum atomic E-state index is 12.1. The highest BCUT2D eigenvalue weighted by Crippen LogP contribution is 2.18. The lowest BCUT2D eigenvalue weighted by Crippen LogP contribution is -2.30. The molecule has 0 saturated carbocycles. The van der Waals surface area contributed by atoms with E-state index in [4.69, 9.17) is 5.11 Å². The van der Waals surface area contributed by atoms with Crippen LogP contribution in [0, 0.1) is 0 Å². The second-order valence-corrected chi connectivity index (χ2v) is 4.72. The monoisotopic (exact) mass is 275 g/mol. The van der Waals surface area contributed by atoms with E-state index in [0.717, 1.165) is 16.6 Å². The predicted molar refractivity (Wildman–Crippen MR) is 74.3 cm³/mol. The van der Waals surface area contributed by atoms with Crippen LogP contribution in [-0.4, -0.2) is 45.3 Å². The normalized spacial score (nSPS) is 10.7. The zero-order valence-corrected chi connectivity index (χ0v) is 11.5. The standard InChI is InChI=1S/C14H17N3O3/c1-16(8-7-14(19)20)13(18)9-11-10-5-3-4-6-12(10)17(2)15-11/h3-6H,7-9H2,1-2H3,(H,19,20). The summed E-state index contributed by atoms with van der Waals surface area (Å²) in [6.07, 6.45) is 0.128. The van der Waals surface area contributed by atoms with Crippen molar-refractivity contribution in [3.05, 3.63) is 30.0 Å². The van der Waals surface area contributed by atoms with Gasteiger partial charge in [0.1, 0.15) is 0 Å². The number of aryl methyl sites for hydroxylation is 1. The Hall–Kier alpha value is -2.37. The fraction of sp³-hybridized carbons (Fsp3) is 0.357. The molecule has 0 aliphatic carbocycles. The fourth-order valence-corrected chi connectivity index (χ4v) is 2.09. The first kappa shape index (κ1) is 14.0. The maximum absolute atomic E-state index is 12.1. The largest absolute Gasteiger partial charge is 0.481 e. The van der Waals surface area contributed by atoms with Gasteiger partial charge in [0.25, 0.3) is 0 Å². The van der Waals surface area contributed by atoms with Crippen LogP contribution in [-0.2, 0) is 23.1 Å². The highest BCUT2D eigenvalue weighted by atomic mass is 16.4. The first-order valence-corrected chi connectivity index (χ1v) is 6.35. The van der Waals surface area contributed by atoms with Crippen molar-refractivity contribution in [3.8, 4) is 0 Å². The molecule has 1 aromatic carbocycles. The minimum atomic E-state index is -0.909. The lowest BCUT2D eigenvalue weighted by molar-refractivity contribution is -0.138. The van der Waals surface area contributed by atoms with Crippen LogP contribution in [0.2, 0.25) is 0 Å². The zero-order chi connectivity index (χ0) is 14.7. The molecule has 1 amide bonds. The van der Waals surface area contributed by atoms with E-state index in [1.165, 1.54) is 4.90 Å². The number of carbonyl (C=O) groups is 2. The highest BCUT2D eigenvalue weighted by molar-refractivity contribution is 5.87. The van der Waals surface area contributed by atoms with E-state index >= 15 is 0 Å². The Bertz CT molecular complexity index is 648. The summed E-state index contributed by atoms with van der Waals surface area (Å²) in [7, 11) is 3.45. The molecule has 1 N–H and O–H groups in total. The summed E-state index contributed by atoms with van der Waals surface area (Å²) < 4.78 is 1.75. The SMILES string of the molecule is CN(CCC(=O)O)C(=O)Cc1nn(C)c2ccccc12. The number of aromatic nitrogens is 2. The number of carboxylic acid groups (broad SMARTS) is 1. The van der Waals surface area contributed by atoms with Gasteiger partial charge < -0.3 is 10.0 Å². The van der Waals surface area contributed by atoms with Crippen LogP contribution < -0.4 is 0 Å². The molecule has 0 aliphatic heterocycles. The molecule has 0 aliphatic rings. The first-order valence-electron chi connectivity index (χ1n) is 6.35. The molecular weight excluding hydrogens is 258 g/mol. The molecule has 0 spiro atoms. The number of aliphatic carboxylic acids is 1. The van der Waals surface area contributed by atoms with Crippen molar-refractivity contribution < 1.29 is 14.7 Å². The molecule has 106 valence electrons. The minimum Gasteiger partial charge on any atom is -0.481 e. The van der Waals surface area contributed by atoms with Crippen molar-refractivity contribution >= 4 is 22.8 Å². The lowest BCUT2D eigenvalue weighted by Gasteiger charge is -2.15. The van der Waals surface area contributed by atoms with Gasteiger partial charge in [0.15, 0.2) is 0 Å². The molecule has 0 atom stereocenters. The maximum Gasteiger partial charge on any atom is 0.305 e. The van der Waals surface area contributed by atoms with Crippen LogP contribution >= 0.6 is 0 Å². The number of carbonyl (C=O) groups excluding carboxylic acids is 1. The number of likely N-dealkylation sites (N-methyl/N-ethyl adjacent to an activating group) is 1. The van der Waals surface area contributed by atoms with E-state index in [2.05, 4.69) is 5.10 Å². The van der Waals surface area contributed by atoms with Crippen LogP contribution in [0.3, 0.4) is 0 Å². The van der Waals surface area contributed by atoms with E-state index in [-0.39, 0.29) is 25.3 Å². The van der Waals surface area contributed by atoms with Crippen molar-refractivity contribution in [1.29, 1.82) is 0 Å². The van der Waals surface area contributed by atoms with Crippen LogP contribution in [0.1, 0.15) is 12.1 Å². The topological polar surface area (TPSA) is 75.4 Å². The third-order valence-electron chi connectivity index (χ3n) is 3.24. The summed E-state index contributed by atoms with van der Waals surface area (Å²) in [6, 6.07) is 7.72. The molecule has 1 aromatic heterocycles. The summed E-state index contributed by atoms with van der Waals surface area (Å²) in [5, 5.41) is 13.9. The van der Waals surface area contributed by atoms with Crippen molar-refractivity contribution in [2.45, 2.75) is 12.8 Å². The summed E-state index contributed by atoms with van der Waals surface area (Å²) in [6.45, 7) is 0.207. The lowest BCUT2D eigenvalue weighted by atomic mass is 10.1. The Morgan fingerprint density at radius 3 is 2.75 bits per heavy atom. The molecule has 0 radical (unpaired) electrons. The van der Waals surface area contributed by atoms with E-state index < -0.39 is 5.97 Å². The molecular formula is C14H17N3O3. The second kappa shape index (κ2) is 5.73. The summed E-state index contributed by atoms with van der Waals surface area (Å²) in [5.41, 5.74) is 1.69. The van der Waals surface area contributed by atoms with Gasteiger partial charge in [-0.3, -0.25) is 14.3 Å². The molecule has 0 unspecified atom stereocenters. The minimum absolute atomic E-state index is 0.0504. The van der Waals surface area contributed by atoms with Gasteiger partial charge >= 0.3 is 5.97 Å². The number of hydrogen-bond acceptors (Lipinski definition) is 3. The first-order chi connectivity index (χ1) is 9.49. The van der Waals surface area contributed by atoms with Crippen LogP contribution in [0.15, 0.2) is 24.3 Å². The quantitative estimate of drug-likeness (QED) is 0.885. The number of hydrogen-bond donors (Lipinski definition) is 1. The van der Waals surface area contributed by atoms with Gasteiger partial charge in [-0.1, -0.05) is 18.2 Å². The number of fused-ring (bicyclic) bond motifs is 1. The van der Waals surface area contributed by atoms with Crippen molar-refractivity contribution in [1.82, 2.24) is 14.7 Å². The number of carboxylic acids is 1. The van der Waals surface area contributed by atoms with Gasteiger partial charge in [0.2, 0.25) is 5.91 Å². The highest BCUT2D eigenvalue weighted by Gasteiger charge is 2.15. The van der Waals surface area contributed by atoms with Crippen LogP contribution in [0.25, 0.3) is 10.9 Å². The smallest absolute Gasteiger partial charge is 0.305 e. The molecule has 2 aromatic rings. The zero-order valence-electron chi connectivity index (χ0n) is 11.5. The average molecular weight is 275 g/mol. The summed E-state index contributed by atoms with van der Waals surface area (Å²) in [5.74, 6) is -1.04. The second-order valence-electron chi connectivity index (χ2n) is 4.72. The summed E-state index contributed by atoms with van der Waals surface area (Å²) >= 11 is 0. The number of amides is 1. The Balaban J connectivity index is 2.12. The van der Waals surface area contributed by atoms with Gasteiger partial charge in [-0.15, -0.1) is 0 Å². The van der Waals surface area contributed by atoms with Crippen molar-refractivity contribution in [2.75, 3.05) is 13.6 Å². The third kappa shape index (κ3) is 2.96. The number of benzene rings is 1. The van der Waals surface area contributed by atoms with E-state index in [9.17, 15) is 9.59 Å². The van der Waals surface area contributed by atoms with Crippen molar-refractivity contribution in [3.63, 3.8) is 0 Å². The van der Waals surface area contributed by atoms with Crippen LogP contribution in [0.4, 0.5) is 0 Å². The Kier molecular flexibility index (Phi) is 4.02. The molecule has 2 rings (SSSR count). The van der Waals surface area contributed by atoms with Gasteiger partial charge in [0.05, 0.1) is 24.1 Å². The average Bonchev–Trinajstić information content (AvgIpc) is 2.73. The Labute approximate surface area is 116 Å². The number of para-hydroxylation sites is 1. The van der Waals surface area contributed by atoms with Gasteiger partial charge in [-0.05, 0) is 6.07 Å². The summed E-state index contributed by atoms with van der Waals surface area (Å²) in [4.78, 5) is 24.0. The molecule has 20 heavy (non-hydrogen) atoms. The van der Waals surface area contributed by atoms with E-state index in [1.807, 2.05) is 31.3 Å². The van der Waals surface area contributed by atoms with Gasteiger partial charge in [0, 0.05) is 26.0 Å². The van der Waals surface area contributed by atoms with E-state index in [0.29, 0.717) is 0 Å². The fourth-order valence-electron chi connectivity index (χ4n) is 2.09. The van der Waals surface area contributed by atoms with E-state index in [1.54, 1.807) is 11.7 Å². The molecule has 0 saturated heterocycles. The molecule has 1 heterocycles. The number of rotatable bonds is 5. The molecule has 0 bridgehead atoms. The van der Waals surface area contributed by atoms with Gasteiger partial charge in [-0.25, -0.2) is 0 Å². The Morgan fingerprint density at radius 2 is 2.05 bits per heavy atom. The molecule has 0 fully saturated rings. The molecule has 6 nitrogen and oxygen atoms in total. The van der Waals surface area contributed by atoms with Crippen molar-refractivity contribution in [2.24, 2.45) is 7.05 Å². The third-order valence-corrected chi connectivity index (χ3v) is 3.24. The number of nitrogens with zero attached hydrogens (tertiary/aromatic N) is 3. The van der Waals surface area contributed by atoms with Gasteiger partial charge in [-0.2, -0.15) is 5.10 Å². The Morgan fingerprint density at radius 1 is 1.35 bits per heavy atom. The predicted octanol–water partition coefficient (Wildman–Crippen LogP) is 1.05. The molecule has 6 heteroatoms.